The smallest absolute Gasteiger partial charge is 0.126 e. The maximum absolute atomic E-state index is 11.0. The molecule has 0 aliphatic carbocycles. The van der Waals surface area contributed by atoms with E-state index in [4.69, 9.17) is 0 Å². The van der Waals surface area contributed by atoms with Gasteiger partial charge >= 0.3 is 0 Å². The lowest BCUT2D eigenvalue weighted by Gasteiger charge is -2.17. The first-order valence-corrected chi connectivity index (χ1v) is 10.3. The van der Waals surface area contributed by atoms with E-state index in [9.17, 15) is 25.5 Å². The SMILES string of the molecule is Oc1ccc(Cc2cc(Cc3ccc(O)cc3)c(O)c(Cc3ccc(O)cc3)c2O)cc1. The first kappa shape index (κ1) is 21.1. The van der Waals surface area contributed by atoms with Crippen molar-refractivity contribution >= 4 is 0 Å². The molecule has 0 fully saturated rings. The molecule has 4 rings (SSSR count). The Bertz CT molecular complexity index is 1140. The van der Waals surface area contributed by atoms with Crippen LogP contribution in [-0.4, -0.2) is 25.5 Å². The predicted octanol–water partition coefficient (Wildman–Crippen LogP) is 4.99. The average Bonchev–Trinajstić information content (AvgIpc) is 2.79. The standard InChI is InChI=1S/C27H24O5/c28-22-7-1-17(2-8-22)13-20-16-21(14-18-3-9-23(29)10-4-18)27(32)25(26(20)31)15-19-5-11-24(30)12-6-19/h1-12,16,28-32H,13-15H2. The van der Waals surface area contributed by atoms with E-state index < -0.39 is 0 Å². The fourth-order valence-corrected chi connectivity index (χ4v) is 3.77. The second kappa shape index (κ2) is 8.94. The van der Waals surface area contributed by atoms with Crippen LogP contribution in [0.2, 0.25) is 0 Å². The van der Waals surface area contributed by atoms with Crippen LogP contribution in [0.3, 0.4) is 0 Å². The van der Waals surface area contributed by atoms with Crippen molar-refractivity contribution in [3.05, 3.63) is 112 Å². The Morgan fingerprint density at radius 1 is 0.406 bits per heavy atom. The number of rotatable bonds is 6. The van der Waals surface area contributed by atoms with E-state index in [1.165, 1.54) is 0 Å². The van der Waals surface area contributed by atoms with Crippen LogP contribution in [0, 0.1) is 0 Å². The fourth-order valence-electron chi connectivity index (χ4n) is 3.77. The van der Waals surface area contributed by atoms with Crippen molar-refractivity contribution < 1.29 is 25.5 Å². The molecule has 32 heavy (non-hydrogen) atoms. The molecule has 0 atom stereocenters. The van der Waals surface area contributed by atoms with Crippen molar-refractivity contribution in [3.8, 4) is 28.7 Å². The van der Waals surface area contributed by atoms with Gasteiger partial charge in [-0.15, -0.1) is 0 Å². The van der Waals surface area contributed by atoms with Gasteiger partial charge in [-0.25, -0.2) is 0 Å². The van der Waals surface area contributed by atoms with Crippen molar-refractivity contribution in [2.24, 2.45) is 0 Å². The van der Waals surface area contributed by atoms with Crippen LogP contribution in [0.5, 0.6) is 28.7 Å². The lowest BCUT2D eigenvalue weighted by atomic mass is 9.91. The van der Waals surface area contributed by atoms with Gasteiger partial charge in [-0.1, -0.05) is 36.4 Å². The average molecular weight is 428 g/mol. The molecule has 0 radical (unpaired) electrons. The third-order valence-corrected chi connectivity index (χ3v) is 5.51. The van der Waals surface area contributed by atoms with Gasteiger partial charge in [0.1, 0.15) is 28.7 Å². The number of aromatic hydroxyl groups is 5. The van der Waals surface area contributed by atoms with Crippen molar-refractivity contribution in [1.29, 1.82) is 0 Å². The van der Waals surface area contributed by atoms with E-state index in [1.807, 2.05) is 0 Å². The maximum Gasteiger partial charge on any atom is 0.126 e. The zero-order valence-electron chi connectivity index (χ0n) is 17.4. The lowest BCUT2D eigenvalue weighted by molar-refractivity contribution is 0.433. The summed E-state index contributed by atoms with van der Waals surface area (Å²) in [6.07, 6.45) is 1.15. The van der Waals surface area contributed by atoms with E-state index in [0.29, 0.717) is 36.0 Å². The Labute approximate surface area is 186 Å². The van der Waals surface area contributed by atoms with Gasteiger partial charge in [0.2, 0.25) is 0 Å². The van der Waals surface area contributed by atoms with E-state index in [-0.39, 0.29) is 28.7 Å². The molecule has 0 unspecified atom stereocenters. The third kappa shape index (κ3) is 4.78. The molecule has 0 aromatic heterocycles. The zero-order valence-corrected chi connectivity index (χ0v) is 17.4. The van der Waals surface area contributed by atoms with Crippen molar-refractivity contribution in [2.45, 2.75) is 19.3 Å². The monoisotopic (exact) mass is 428 g/mol. The maximum atomic E-state index is 11.0. The van der Waals surface area contributed by atoms with Gasteiger partial charge < -0.3 is 25.5 Å². The Balaban J connectivity index is 1.75. The molecule has 0 saturated heterocycles. The zero-order chi connectivity index (χ0) is 22.7. The molecule has 0 spiro atoms. The molecule has 0 aliphatic rings. The summed E-state index contributed by atoms with van der Waals surface area (Å²) in [6, 6.07) is 22.0. The summed E-state index contributed by atoms with van der Waals surface area (Å²) in [6.45, 7) is 0. The van der Waals surface area contributed by atoms with Gasteiger partial charge in [0.25, 0.3) is 0 Å². The second-order valence-electron chi connectivity index (χ2n) is 7.90. The molecular weight excluding hydrogens is 404 g/mol. The summed E-state index contributed by atoms with van der Waals surface area (Å²) in [5.41, 5.74) is 4.41. The molecular formula is C27H24O5. The number of hydrogen-bond acceptors (Lipinski definition) is 5. The summed E-state index contributed by atoms with van der Waals surface area (Å²) < 4.78 is 0. The Kier molecular flexibility index (Phi) is 5.90. The summed E-state index contributed by atoms with van der Waals surface area (Å²) in [5.74, 6) is 0.543. The molecule has 162 valence electrons. The van der Waals surface area contributed by atoms with E-state index >= 15 is 0 Å². The first-order chi connectivity index (χ1) is 15.4. The van der Waals surface area contributed by atoms with Crippen molar-refractivity contribution in [2.75, 3.05) is 0 Å². The number of phenols is 5. The van der Waals surface area contributed by atoms with Gasteiger partial charge in [-0.05, 0) is 70.3 Å². The van der Waals surface area contributed by atoms with E-state index in [0.717, 1.165) is 16.7 Å². The minimum Gasteiger partial charge on any atom is -0.508 e. The van der Waals surface area contributed by atoms with Crippen molar-refractivity contribution in [1.82, 2.24) is 0 Å². The van der Waals surface area contributed by atoms with Crippen LogP contribution in [0.15, 0.2) is 78.9 Å². The summed E-state index contributed by atoms with van der Waals surface area (Å²) in [5, 5.41) is 50.7. The number of benzene rings is 4. The molecule has 5 nitrogen and oxygen atoms in total. The second-order valence-corrected chi connectivity index (χ2v) is 7.90. The summed E-state index contributed by atoms with van der Waals surface area (Å²) in [7, 11) is 0. The highest BCUT2D eigenvalue weighted by atomic mass is 16.3. The number of phenolic OH excluding ortho intramolecular Hbond substituents is 5. The predicted molar refractivity (Wildman–Crippen MR) is 123 cm³/mol. The highest BCUT2D eigenvalue weighted by molar-refractivity contribution is 5.57. The van der Waals surface area contributed by atoms with Gasteiger partial charge in [0.05, 0.1) is 0 Å². The van der Waals surface area contributed by atoms with Gasteiger partial charge in [-0.2, -0.15) is 0 Å². The van der Waals surface area contributed by atoms with Gasteiger partial charge in [0.15, 0.2) is 0 Å². The van der Waals surface area contributed by atoms with Crippen LogP contribution < -0.4 is 0 Å². The fraction of sp³-hybridized carbons (Fsp3) is 0.111. The lowest BCUT2D eigenvalue weighted by Crippen LogP contribution is -2.00. The molecule has 5 N–H and O–H groups in total. The molecule has 4 aromatic rings. The van der Waals surface area contributed by atoms with Gasteiger partial charge in [-0.3, -0.25) is 0 Å². The third-order valence-electron chi connectivity index (χ3n) is 5.51. The largest absolute Gasteiger partial charge is 0.508 e. The normalized spacial score (nSPS) is 10.9. The van der Waals surface area contributed by atoms with Crippen LogP contribution in [0.25, 0.3) is 0 Å². The van der Waals surface area contributed by atoms with Crippen LogP contribution >= 0.6 is 0 Å². The topological polar surface area (TPSA) is 101 Å². The Morgan fingerprint density at radius 3 is 1.06 bits per heavy atom. The summed E-state index contributed by atoms with van der Waals surface area (Å²) in [4.78, 5) is 0. The summed E-state index contributed by atoms with van der Waals surface area (Å²) >= 11 is 0. The van der Waals surface area contributed by atoms with E-state index in [2.05, 4.69) is 0 Å². The molecule has 0 bridgehead atoms. The Morgan fingerprint density at radius 2 is 0.719 bits per heavy atom. The molecule has 0 saturated carbocycles. The molecule has 0 amide bonds. The molecule has 0 heterocycles. The van der Waals surface area contributed by atoms with Crippen molar-refractivity contribution in [3.63, 3.8) is 0 Å². The Hall–Kier alpha value is -4.12. The highest BCUT2D eigenvalue weighted by Crippen LogP contribution is 2.38. The first-order valence-electron chi connectivity index (χ1n) is 10.3. The minimum atomic E-state index is 0.0260. The highest BCUT2D eigenvalue weighted by Gasteiger charge is 2.18. The van der Waals surface area contributed by atoms with Crippen LogP contribution in [0.1, 0.15) is 33.4 Å². The minimum absolute atomic E-state index is 0.0260. The van der Waals surface area contributed by atoms with Gasteiger partial charge in [0, 0.05) is 24.8 Å². The molecule has 4 aromatic carbocycles. The van der Waals surface area contributed by atoms with E-state index in [1.54, 1.807) is 78.9 Å². The van der Waals surface area contributed by atoms with Crippen LogP contribution in [0.4, 0.5) is 0 Å². The molecule has 5 heteroatoms. The number of hydrogen-bond donors (Lipinski definition) is 5. The quantitative estimate of drug-likeness (QED) is 0.298. The molecule has 0 aliphatic heterocycles. The van der Waals surface area contributed by atoms with Crippen LogP contribution in [-0.2, 0) is 19.3 Å².